The third-order valence-corrected chi connectivity index (χ3v) is 8.07. The van der Waals surface area contributed by atoms with Crippen molar-refractivity contribution in [2.24, 2.45) is 5.73 Å². The first-order valence-corrected chi connectivity index (χ1v) is 15.2. The smallest absolute Gasteiger partial charge is 0.255 e. The van der Waals surface area contributed by atoms with Crippen molar-refractivity contribution >= 4 is 29.3 Å². The quantitative estimate of drug-likeness (QED) is 0.322. The van der Waals surface area contributed by atoms with Gasteiger partial charge in [0.05, 0.1) is 12.6 Å². The van der Waals surface area contributed by atoms with E-state index in [0.717, 1.165) is 28.8 Å². The van der Waals surface area contributed by atoms with E-state index in [1.54, 1.807) is 23.1 Å². The molecule has 3 aromatic rings. The number of halogens is 2. The SMILES string of the molecule is CN(C)CCN(CC(N)=O)C(=O)CCN1C(=O)c2cc(NC(=O)c3ccc(F)c(F)c3)ccc2CC1c1ccc(C(C)(C)C)cc1. The lowest BCUT2D eigenvalue weighted by Crippen LogP contribution is -2.45. The summed E-state index contributed by atoms with van der Waals surface area (Å²) in [5.41, 5.74) is 8.78. The van der Waals surface area contributed by atoms with E-state index in [1.807, 2.05) is 43.3 Å². The summed E-state index contributed by atoms with van der Waals surface area (Å²) in [6.45, 7) is 7.08. The van der Waals surface area contributed by atoms with Crippen LogP contribution in [-0.2, 0) is 21.4 Å². The van der Waals surface area contributed by atoms with Crippen LogP contribution in [0.1, 0.15) is 70.6 Å². The van der Waals surface area contributed by atoms with Crippen molar-refractivity contribution in [3.05, 3.63) is 100 Å². The van der Waals surface area contributed by atoms with Crippen molar-refractivity contribution < 1.29 is 28.0 Å². The molecule has 0 radical (unpaired) electrons. The van der Waals surface area contributed by atoms with E-state index in [-0.39, 0.29) is 48.3 Å². The molecule has 3 aromatic carbocycles. The molecule has 244 valence electrons. The van der Waals surface area contributed by atoms with Gasteiger partial charge in [0.1, 0.15) is 0 Å². The van der Waals surface area contributed by atoms with Crippen LogP contribution in [0.3, 0.4) is 0 Å². The van der Waals surface area contributed by atoms with Gasteiger partial charge < -0.3 is 25.8 Å². The molecule has 0 fully saturated rings. The van der Waals surface area contributed by atoms with Crippen LogP contribution in [0.15, 0.2) is 60.7 Å². The minimum Gasteiger partial charge on any atom is -0.368 e. The van der Waals surface area contributed by atoms with E-state index < -0.39 is 23.4 Å². The van der Waals surface area contributed by atoms with E-state index in [1.165, 1.54) is 11.0 Å². The molecule has 4 rings (SSSR count). The Balaban J connectivity index is 1.62. The van der Waals surface area contributed by atoms with E-state index >= 15 is 0 Å². The van der Waals surface area contributed by atoms with Gasteiger partial charge in [-0.15, -0.1) is 0 Å². The standard InChI is InChI=1S/C35H41F2N5O4/c1-35(2,3)25-10-6-22(7-11-25)30-19-23-8-12-26(39-33(45)24-9-13-28(36)29(37)18-24)20-27(23)34(46)42(30)15-14-32(44)41(21-31(38)43)17-16-40(4)5/h6-13,18,20,30H,14-17,19,21H2,1-5H3,(H2,38,43)(H,39,45). The van der Waals surface area contributed by atoms with Crippen LogP contribution in [0.4, 0.5) is 14.5 Å². The van der Waals surface area contributed by atoms with Crippen molar-refractivity contribution in [1.82, 2.24) is 14.7 Å². The molecule has 0 aliphatic carbocycles. The number of nitrogens with two attached hydrogens (primary N) is 1. The molecule has 4 amide bonds. The topological polar surface area (TPSA) is 116 Å². The van der Waals surface area contributed by atoms with Gasteiger partial charge in [-0.3, -0.25) is 19.2 Å². The fourth-order valence-corrected chi connectivity index (χ4v) is 5.42. The number of hydrogen-bond acceptors (Lipinski definition) is 5. The molecule has 11 heteroatoms. The number of anilines is 1. The second kappa shape index (κ2) is 14.2. The summed E-state index contributed by atoms with van der Waals surface area (Å²) in [6.07, 6.45) is 0.443. The maximum absolute atomic E-state index is 14.1. The first-order chi connectivity index (χ1) is 21.6. The Hall–Kier alpha value is -4.64. The molecule has 0 spiro atoms. The number of primary amides is 1. The van der Waals surface area contributed by atoms with E-state index in [9.17, 15) is 28.0 Å². The molecule has 0 saturated heterocycles. The van der Waals surface area contributed by atoms with Crippen molar-refractivity contribution in [2.75, 3.05) is 45.6 Å². The van der Waals surface area contributed by atoms with Crippen LogP contribution in [0.5, 0.6) is 0 Å². The monoisotopic (exact) mass is 633 g/mol. The molecule has 0 saturated carbocycles. The Labute approximate surface area is 268 Å². The Morgan fingerprint density at radius 1 is 0.957 bits per heavy atom. The molecular formula is C35H41F2N5O4. The lowest BCUT2D eigenvalue weighted by molar-refractivity contribution is -0.135. The summed E-state index contributed by atoms with van der Waals surface area (Å²) in [4.78, 5) is 56.8. The number of carbonyl (C=O) groups excluding carboxylic acids is 4. The summed E-state index contributed by atoms with van der Waals surface area (Å²) in [7, 11) is 3.72. The summed E-state index contributed by atoms with van der Waals surface area (Å²) in [5.74, 6) is -4.10. The molecule has 1 heterocycles. The van der Waals surface area contributed by atoms with Crippen LogP contribution in [-0.4, -0.2) is 78.6 Å². The molecule has 0 bridgehead atoms. The highest BCUT2D eigenvalue weighted by molar-refractivity contribution is 6.05. The number of carbonyl (C=O) groups is 4. The van der Waals surface area contributed by atoms with Gasteiger partial charge in [0.15, 0.2) is 11.6 Å². The van der Waals surface area contributed by atoms with Gasteiger partial charge in [0, 0.05) is 42.9 Å². The molecule has 1 atom stereocenters. The maximum Gasteiger partial charge on any atom is 0.255 e. The van der Waals surface area contributed by atoms with Gasteiger partial charge in [0.25, 0.3) is 11.8 Å². The number of nitrogens with one attached hydrogen (secondary N) is 1. The molecule has 3 N–H and O–H groups in total. The Morgan fingerprint density at radius 2 is 1.65 bits per heavy atom. The first kappa shape index (κ1) is 34.2. The predicted molar refractivity (Wildman–Crippen MR) is 172 cm³/mol. The average molecular weight is 634 g/mol. The second-order valence-electron chi connectivity index (χ2n) is 12.9. The van der Waals surface area contributed by atoms with Crippen molar-refractivity contribution in [3.8, 4) is 0 Å². The average Bonchev–Trinajstić information content (AvgIpc) is 2.99. The van der Waals surface area contributed by atoms with Crippen LogP contribution >= 0.6 is 0 Å². The van der Waals surface area contributed by atoms with Crippen LogP contribution in [0, 0.1) is 11.6 Å². The molecular weight excluding hydrogens is 592 g/mol. The van der Waals surface area contributed by atoms with Gasteiger partial charge in [-0.2, -0.15) is 0 Å². The zero-order valence-electron chi connectivity index (χ0n) is 26.9. The zero-order valence-corrected chi connectivity index (χ0v) is 26.9. The van der Waals surface area contributed by atoms with Gasteiger partial charge in [-0.05, 0) is 73.0 Å². The molecule has 1 aliphatic rings. The summed E-state index contributed by atoms with van der Waals surface area (Å²) >= 11 is 0. The predicted octanol–water partition coefficient (Wildman–Crippen LogP) is 4.52. The summed E-state index contributed by atoms with van der Waals surface area (Å²) in [6, 6.07) is 15.6. The number of likely N-dealkylation sites (N-methyl/N-ethyl adjacent to an activating group) is 1. The van der Waals surface area contributed by atoms with Gasteiger partial charge >= 0.3 is 0 Å². The number of fused-ring (bicyclic) bond motifs is 1. The second-order valence-corrected chi connectivity index (χ2v) is 12.9. The molecule has 9 nitrogen and oxygen atoms in total. The lowest BCUT2D eigenvalue weighted by Gasteiger charge is -2.38. The normalized spacial score (nSPS) is 14.7. The highest BCUT2D eigenvalue weighted by Gasteiger charge is 2.34. The Morgan fingerprint density at radius 3 is 2.26 bits per heavy atom. The fraction of sp³-hybridized carbons (Fsp3) is 0.371. The minimum atomic E-state index is -1.14. The Bertz CT molecular complexity index is 1620. The maximum atomic E-state index is 14.1. The zero-order chi connectivity index (χ0) is 33.8. The molecule has 0 aromatic heterocycles. The third kappa shape index (κ3) is 8.33. The Kier molecular flexibility index (Phi) is 10.6. The number of rotatable bonds is 11. The largest absolute Gasteiger partial charge is 0.368 e. The third-order valence-electron chi connectivity index (χ3n) is 8.07. The first-order valence-electron chi connectivity index (χ1n) is 15.2. The lowest BCUT2D eigenvalue weighted by atomic mass is 9.84. The number of amides is 4. The summed E-state index contributed by atoms with van der Waals surface area (Å²) < 4.78 is 27.1. The highest BCUT2D eigenvalue weighted by Crippen LogP contribution is 2.36. The number of nitrogens with zero attached hydrogens (tertiary/aromatic N) is 3. The van der Waals surface area contributed by atoms with E-state index in [2.05, 4.69) is 26.1 Å². The van der Waals surface area contributed by atoms with Crippen LogP contribution in [0.2, 0.25) is 0 Å². The van der Waals surface area contributed by atoms with E-state index in [4.69, 9.17) is 5.73 Å². The van der Waals surface area contributed by atoms with Crippen molar-refractivity contribution in [2.45, 2.75) is 45.1 Å². The van der Waals surface area contributed by atoms with Crippen molar-refractivity contribution in [1.29, 1.82) is 0 Å². The number of hydrogen-bond donors (Lipinski definition) is 2. The van der Waals surface area contributed by atoms with Gasteiger partial charge in [0.2, 0.25) is 11.8 Å². The molecule has 1 aliphatic heterocycles. The van der Waals surface area contributed by atoms with Crippen LogP contribution < -0.4 is 11.1 Å². The van der Waals surface area contributed by atoms with E-state index in [0.29, 0.717) is 30.8 Å². The van der Waals surface area contributed by atoms with Crippen LogP contribution in [0.25, 0.3) is 0 Å². The highest BCUT2D eigenvalue weighted by atomic mass is 19.2. The van der Waals surface area contributed by atoms with Crippen molar-refractivity contribution in [3.63, 3.8) is 0 Å². The summed E-state index contributed by atoms with van der Waals surface area (Å²) in [5, 5.41) is 2.65. The van der Waals surface area contributed by atoms with Gasteiger partial charge in [-0.25, -0.2) is 8.78 Å². The molecule has 46 heavy (non-hydrogen) atoms. The molecule has 1 unspecified atom stereocenters. The minimum absolute atomic E-state index is 0.0229. The van der Waals surface area contributed by atoms with Gasteiger partial charge in [-0.1, -0.05) is 51.1 Å². The number of benzene rings is 3. The fourth-order valence-electron chi connectivity index (χ4n) is 5.42.